The first kappa shape index (κ1) is 12.0. The average Bonchev–Trinajstić information content (AvgIpc) is 2.79. The maximum atomic E-state index is 5.99. The molecule has 0 spiro atoms. The maximum Gasteiger partial charge on any atom is 0.132 e. The van der Waals surface area contributed by atoms with Crippen LogP contribution in [0.4, 0.5) is 0 Å². The van der Waals surface area contributed by atoms with Gasteiger partial charge in [0.05, 0.1) is 5.52 Å². The first-order valence-corrected chi connectivity index (χ1v) is 6.76. The Morgan fingerprint density at radius 1 is 1.28 bits per heavy atom. The van der Waals surface area contributed by atoms with E-state index >= 15 is 0 Å². The summed E-state index contributed by atoms with van der Waals surface area (Å²) in [5, 5.41) is 12.0. The van der Waals surface area contributed by atoms with Gasteiger partial charge in [-0.25, -0.2) is 0 Å². The van der Waals surface area contributed by atoms with Gasteiger partial charge in [0.25, 0.3) is 0 Å². The van der Waals surface area contributed by atoms with Crippen molar-refractivity contribution in [1.82, 2.24) is 20.4 Å². The van der Waals surface area contributed by atoms with Gasteiger partial charge in [0, 0.05) is 38.1 Å². The SMILES string of the molecule is Clc1[nH]nc2cc(CCN3CCNCC3)ccc12. The van der Waals surface area contributed by atoms with Crippen molar-refractivity contribution in [2.45, 2.75) is 6.42 Å². The summed E-state index contributed by atoms with van der Waals surface area (Å²) in [6.07, 6.45) is 1.07. The molecule has 1 aliphatic rings. The molecule has 0 saturated carbocycles. The molecule has 18 heavy (non-hydrogen) atoms. The molecule has 0 unspecified atom stereocenters. The van der Waals surface area contributed by atoms with E-state index in [0.717, 1.165) is 50.0 Å². The lowest BCUT2D eigenvalue weighted by molar-refractivity contribution is 0.244. The number of aromatic amines is 1. The molecule has 1 aliphatic heterocycles. The molecule has 0 amide bonds. The van der Waals surface area contributed by atoms with Crippen LogP contribution in [0.1, 0.15) is 5.56 Å². The number of aromatic nitrogens is 2. The molecule has 0 bridgehead atoms. The molecule has 96 valence electrons. The van der Waals surface area contributed by atoms with E-state index in [1.807, 2.05) is 6.07 Å². The van der Waals surface area contributed by atoms with Crippen LogP contribution >= 0.6 is 11.6 Å². The van der Waals surface area contributed by atoms with Crippen LogP contribution in [-0.4, -0.2) is 47.8 Å². The highest BCUT2D eigenvalue weighted by Gasteiger charge is 2.09. The van der Waals surface area contributed by atoms with E-state index in [4.69, 9.17) is 11.6 Å². The molecule has 1 saturated heterocycles. The Kier molecular flexibility index (Phi) is 3.50. The van der Waals surface area contributed by atoms with Crippen LogP contribution in [0, 0.1) is 0 Å². The monoisotopic (exact) mass is 264 g/mol. The van der Waals surface area contributed by atoms with Crippen LogP contribution in [0.2, 0.25) is 5.15 Å². The fourth-order valence-corrected chi connectivity index (χ4v) is 2.60. The Morgan fingerprint density at radius 2 is 2.11 bits per heavy atom. The van der Waals surface area contributed by atoms with Gasteiger partial charge in [-0.15, -0.1) is 0 Å². The third-order valence-corrected chi connectivity index (χ3v) is 3.79. The van der Waals surface area contributed by atoms with Gasteiger partial charge in [-0.2, -0.15) is 5.10 Å². The smallest absolute Gasteiger partial charge is 0.132 e. The summed E-state index contributed by atoms with van der Waals surface area (Å²) in [4.78, 5) is 2.50. The number of nitrogens with one attached hydrogen (secondary N) is 2. The van der Waals surface area contributed by atoms with E-state index in [2.05, 4.69) is 32.5 Å². The summed E-state index contributed by atoms with van der Waals surface area (Å²) in [5.41, 5.74) is 2.28. The number of rotatable bonds is 3. The molecular weight excluding hydrogens is 248 g/mol. The number of hydrogen-bond acceptors (Lipinski definition) is 3. The second-order valence-corrected chi connectivity index (χ2v) is 5.11. The van der Waals surface area contributed by atoms with E-state index in [1.165, 1.54) is 5.56 Å². The summed E-state index contributed by atoms with van der Waals surface area (Å²) in [5.74, 6) is 0. The molecule has 1 aromatic heterocycles. The van der Waals surface area contributed by atoms with Gasteiger partial charge in [-0.1, -0.05) is 17.7 Å². The van der Waals surface area contributed by atoms with Gasteiger partial charge >= 0.3 is 0 Å². The molecule has 1 fully saturated rings. The molecule has 1 aromatic carbocycles. The molecule has 0 aliphatic carbocycles. The zero-order valence-corrected chi connectivity index (χ0v) is 11.0. The van der Waals surface area contributed by atoms with E-state index in [-0.39, 0.29) is 0 Å². The van der Waals surface area contributed by atoms with Gasteiger partial charge in [0.15, 0.2) is 0 Å². The van der Waals surface area contributed by atoms with Crippen molar-refractivity contribution < 1.29 is 0 Å². The fourth-order valence-electron chi connectivity index (χ4n) is 2.40. The third kappa shape index (κ3) is 2.51. The van der Waals surface area contributed by atoms with Crippen LogP contribution in [0.3, 0.4) is 0 Å². The molecule has 3 rings (SSSR count). The molecule has 2 aromatic rings. The maximum absolute atomic E-state index is 5.99. The molecule has 2 N–H and O–H groups in total. The zero-order valence-electron chi connectivity index (χ0n) is 10.2. The summed E-state index contributed by atoms with van der Waals surface area (Å²) in [6.45, 7) is 5.63. The minimum atomic E-state index is 0.624. The lowest BCUT2D eigenvalue weighted by Crippen LogP contribution is -2.44. The Bertz CT molecular complexity index is 531. The standard InChI is InChI=1S/C13H17ClN4/c14-13-11-2-1-10(9-12(11)16-17-13)3-6-18-7-4-15-5-8-18/h1-2,9,15H,3-8H2,(H,16,17). The molecule has 0 atom stereocenters. The number of piperazine rings is 1. The highest BCUT2D eigenvalue weighted by molar-refractivity contribution is 6.34. The molecule has 0 radical (unpaired) electrons. The van der Waals surface area contributed by atoms with Crippen LogP contribution in [-0.2, 0) is 6.42 Å². The van der Waals surface area contributed by atoms with Crippen LogP contribution in [0.5, 0.6) is 0 Å². The quantitative estimate of drug-likeness (QED) is 0.886. The van der Waals surface area contributed by atoms with Crippen molar-refractivity contribution in [2.24, 2.45) is 0 Å². The Balaban J connectivity index is 1.66. The first-order valence-electron chi connectivity index (χ1n) is 6.38. The van der Waals surface area contributed by atoms with Crippen LogP contribution < -0.4 is 5.32 Å². The number of hydrogen-bond donors (Lipinski definition) is 2. The zero-order chi connectivity index (χ0) is 12.4. The lowest BCUT2D eigenvalue weighted by atomic mass is 10.1. The first-order chi connectivity index (χ1) is 8.83. The number of nitrogens with zero attached hydrogens (tertiary/aromatic N) is 2. The van der Waals surface area contributed by atoms with Crippen LogP contribution in [0.25, 0.3) is 10.9 Å². The van der Waals surface area contributed by atoms with E-state index in [1.54, 1.807) is 0 Å². The molecule has 5 heteroatoms. The second-order valence-electron chi connectivity index (χ2n) is 4.73. The third-order valence-electron chi connectivity index (χ3n) is 3.50. The van der Waals surface area contributed by atoms with Crippen molar-refractivity contribution >= 4 is 22.5 Å². The second kappa shape index (κ2) is 5.26. The number of fused-ring (bicyclic) bond motifs is 1. The number of benzene rings is 1. The van der Waals surface area contributed by atoms with Gasteiger partial charge < -0.3 is 10.2 Å². The summed E-state index contributed by atoms with van der Waals surface area (Å²) >= 11 is 5.99. The number of H-pyrrole nitrogens is 1. The van der Waals surface area contributed by atoms with E-state index in [0.29, 0.717) is 5.15 Å². The predicted molar refractivity (Wildman–Crippen MR) is 74.1 cm³/mol. The van der Waals surface area contributed by atoms with Gasteiger partial charge in [-0.05, 0) is 24.1 Å². The summed E-state index contributed by atoms with van der Waals surface area (Å²) in [7, 11) is 0. The minimum absolute atomic E-state index is 0.624. The molecular formula is C13H17ClN4. The topological polar surface area (TPSA) is 44.0 Å². The van der Waals surface area contributed by atoms with Gasteiger partial charge in [-0.3, -0.25) is 5.10 Å². The highest BCUT2D eigenvalue weighted by Crippen LogP contribution is 2.21. The summed E-state index contributed by atoms with van der Waals surface area (Å²) < 4.78 is 0. The van der Waals surface area contributed by atoms with Gasteiger partial charge in [0.1, 0.15) is 5.15 Å². The van der Waals surface area contributed by atoms with Gasteiger partial charge in [0.2, 0.25) is 0 Å². The van der Waals surface area contributed by atoms with Crippen molar-refractivity contribution in [1.29, 1.82) is 0 Å². The predicted octanol–water partition coefficient (Wildman–Crippen LogP) is 1.66. The highest BCUT2D eigenvalue weighted by atomic mass is 35.5. The molecule has 2 heterocycles. The lowest BCUT2D eigenvalue weighted by Gasteiger charge is -2.27. The fraction of sp³-hybridized carbons (Fsp3) is 0.462. The van der Waals surface area contributed by atoms with Crippen molar-refractivity contribution in [3.8, 4) is 0 Å². The minimum Gasteiger partial charge on any atom is -0.314 e. The van der Waals surface area contributed by atoms with Crippen molar-refractivity contribution in [3.05, 3.63) is 28.9 Å². The average molecular weight is 265 g/mol. The van der Waals surface area contributed by atoms with Crippen LogP contribution in [0.15, 0.2) is 18.2 Å². The largest absolute Gasteiger partial charge is 0.314 e. The van der Waals surface area contributed by atoms with E-state index in [9.17, 15) is 0 Å². The van der Waals surface area contributed by atoms with Crippen molar-refractivity contribution in [2.75, 3.05) is 32.7 Å². The summed E-state index contributed by atoms with van der Waals surface area (Å²) in [6, 6.07) is 6.32. The van der Waals surface area contributed by atoms with E-state index < -0.39 is 0 Å². The molecule has 4 nitrogen and oxygen atoms in total. The van der Waals surface area contributed by atoms with Crippen molar-refractivity contribution in [3.63, 3.8) is 0 Å². The Morgan fingerprint density at radius 3 is 2.94 bits per heavy atom. The Hall–Kier alpha value is -1.10. The Labute approximate surface area is 111 Å². The normalized spacial score (nSPS) is 17.4. The number of halogens is 1.